The molecule has 7 heteroatoms. The van der Waals surface area contributed by atoms with E-state index >= 15 is 0 Å². The van der Waals surface area contributed by atoms with Crippen molar-refractivity contribution in [3.8, 4) is 0 Å². The van der Waals surface area contributed by atoms with E-state index in [-0.39, 0.29) is 12.5 Å². The maximum Gasteiger partial charge on any atom is 0.337 e. The molecule has 0 radical (unpaired) electrons. The minimum absolute atomic E-state index is 0.0266. The Morgan fingerprint density at radius 3 is 2.43 bits per heavy atom. The summed E-state index contributed by atoms with van der Waals surface area (Å²) >= 11 is 11.9. The minimum Gasteiger partial charge on any atom is -0.465 e. The molecule has 0 saturated carbocycles. The Labute approximate surface area is 143 Å². The molecule has 0 aliphatic rings. The minimum atomic E-state index is -0.430. The van der Waals surface area contributed by atoms with Crippen LogP contribution in [-0.4, -0.2) is 25.5 Å². The average molecular weight is 353 g/mol. The maximum atomic E-state index is 11.9. The second kappa shape index (κ2) is 7.85. The molecule has 2 aromatic carbocycles. The lowest BCUT2D eigenvalue weighted by atomic mass is 10.2. The number of rotatable bonds is 5. The topological polar surface area (TPSA) is 67.4 Å². The maximum absolute atomic E-state index is 11.9. The van der Waals surface area contributed by atoms with E-state index in [1.807, 2.05) is 0 Å². The number of hydrogen-bond acceptors (Lipinski definition) is 4. The van der Waals surface area contributed by atoms with Crippen LogP contribution in [0.1, 0.15) is 10.4 Å². The summed E-state index contributed by atoms with van der Waals surface area (Å²) in [5.41, 5.74) is 1.56. The van der Waals surface area contributed by atoms with Crippen LogP contribution in [0, 0.1) is 0 Å². The SMILES string of the molecule is COC(=O)c1ccc(NC(=O)CNc2cccc(Cl)c2Cl)cc1. The molecule has 0 unspecified atom stereocenters. The van der Waals surface area contributed by atoms with Gasteiger partial charge in [0.05, 0.1) is 35.0 Å². The fraction of sp³-hybridized carbons (Fsp3) is 0.125. The lowest BCUT2D eigenvalue weighted by Gasteiger charge is -2.10. The summed E-state index contributed by atoms with van der Waals surface area (Å²) in [5.74, 6) is -0.688. The van der Waals surface area contributed by atoms with Crippen molar-refractivity contribution in [3.05, 3.63) is 58.1 Å². The van der Waals surface area contributed by atoms with Crippen molar-refractivity contribution < 1.29 is 14.3 Å². The summed E-state index contributed by atoms with van der Waals surface area (Å²) in [6, 6.07) is 11.5. The molecule has 0 atom stereocenters. The molecule has 0 aromatic heterocycles. The van der Waals surface area contributed by atoms with Gasteiger partial charge < -0.3 is 15.4 Å². The van der Waals surface area contributed by atoms with Crippen molar-refractivity contribution in [2.45, 2.75) is 0 Å². The summed E-state index contributed by atoms with van der Waals surface area (Å²) < 4.78 is 4.61. The number of esters is 1. The van der Waals surface area contributed by atoms with Gasteiger partial charge in [0.15, 0.2) is 0 Å². The van der Waals surface area contributed by atoms with E-state index in [1.54, 1.807) is 42.5 Å². The molecule has 0 heterocycles. The zero-order valence-electron chi connectivity index (χ0n) is 12.2. The molecule has 0 fully saturated rings. The highest BCUT2D eigenvalue weighted by Crippen LogP contribution is 2.29. The van der Waals surface area contributed by atoms with E-state index in [0.29, 0.717) is 27.0 Å². The smallest absolute Gasteiger partial charge is 0.337 e. The van der Waals surface area contributed by atoms with Crippen LogP contribution in [0.15, 0.2) is 42.5 Å². The van der Waals surface area contributed by atoms with Crippen LogP contribution < -0.4 is 10.6 Å². The third-order valence-corrected chi connectivity index (χ3v) is 3.80. The molecule has 0 aliphatic heterocycles. The first-order valence-electron chi connectivity index (χ1n) is 6.67. The summed E-state index contributed by atoms with van der Waals surface area (Å²) in [6.07, 6.45) is 0. The second-order valence-corrected chi connectivity index (χ2v) is 5.36. The van der Waals surface area contributed by atoms with Gasteiger partial charge >= 0.3 is 5.97 Å². The predicted molar refractivity (Wildman–Crippen MR) is 91.4 cm³/mol. The van der Waals surface area contributed by atoms with Gasteiger partial charge in [0.1, 0.15) is 0 Å². The van der Waals surface area contributed by atoms with Crippen molar-refractivity contribution in [1.29, 1.82) is 0 Å². The normalized spacial score (nSPS) is 10.0. The van der Waals surface area contributed by atoms with E-state index in [1.165, 1.54) is 7.11 Å². The largest absolute Gasteiger partial charge is 0.465 e. The Hall–Kier alpha value is -2.24. The fourth-order valence-electron chi connectivity index (χ4n) is 1.83. The van der Waals surface area contributed by atoms with Crippen molar-refractivity contribution in [1.82, 2.24) is 0 Å². The molecule has 2 N–H and O–H groups in total. The van der Waals surface area contributed by atoms with Crippen molar-refractivity contribution in [2.24, 2.45) is 0 Å². The van der Waals surface area contributed by atoms with Crippen LogP contribution in [0.2, 0.25) is 10.0 Å². The Kier molecular flexibility index (Phi) is 5.84. The monoisotopic (exact) mass is 352 g/mol. The first kappa shape index (κ1) is 17.1. The van der Waals surface area contributed by atoms with Crippen LogP contribution in [0.3, 0.4) is 0 Å². The Morgan fingerprint density at radius 1 is 1.09 bits per heavy atom. The van der Waals surface area contributed by atoms with Gasteiger partial charge in [-0.2, -0.15) is 0 Å². The van der Waals surface area contributed by atoms with Gasteiger partial charge in [0.2, 0.25) is 5.91 Å². The Bertz CT molecular complexity index is 718. The van der Waals surface area contributed by atoms with Crippen LogP contribution in [0.4, 0.5) is 11.4 Å². The molecular formula is C16H14Cl2N2O3. The van der Waals surface area contributed by atoms with Gasteiger partial charge in [-0.3, -0.25) is 4.79 Å². The molecule has 2 rings (SSSR count). The number of halogens is 2. The number of benzene rings is 2. The van der Waals surface area contributed by atoms with E-state index in [2.05, 4.69) is 15.4 Å². The van der Waals surface area contributed by atoms with Crippen LogP contribution in [-0.2, 0) is 9.53 Å². The second-order valence-electron chi connectivity index (χ2n) is 4.57. The summed E-state index contributed by atoms with van der Waals surface area (Å²) in [5, 5.41) is 6.39. The quantitative estimate of drug-likeness (QED) is 0.802. The number of ether oxygens (including phenoxy) is 1. The van der Waals surface area contributed by atoms with Gasteiger partial charge in [-0.25, -0.2) is 4.79 Å². The molecule has 23 heavy (non-hydrogen) atoms. The number of hydrogen-bond donors (Lipinski definition) is 2. The number of carbonyl (C=O) groups excluding carboxylic acids is 2. The Morgan fingerprint density at radius 2 is 1.78 bits per heavy atom. The highest BCUT2D eigenvalue weighted by atomic mass is 35.5. The lowest BCUT2D eigenvalue weighted by molar-refractivity contribution is -0.114. The Balaban J connectivity index is 1.92. The first-order valence-corrected chi connectivity index (χ1v) is 7.43. The summed E-state index contributed by atoms with van der Waals surface area (Å²) in [6.45, 7) is 0.0266. The predicted octanol–water partition coefficient (Wildman–Crippen LogP) is 3.83. The third-order valence-electron chi connectivity index (χ3n) is 2.98. The van der Waals surface area contributed by atoms with Gasteiger partial charge in [0.25, 0.3) is 0 Å². The molecule has 2 aromatic rings. The summed E-state index contributed by atoms with van der Waals surface area (Å²) in [7, 11) is 1.31. The lowest BCUT2D eigenvalue weighted by Crippen LogP contribution is -2.21. The number of amides is 1. The number of carbonyl (C=O) groups is 2. The molecular weight excluding hydrogens is 339 g/mol. The molecule has 1 amide bonds. The average Bonchev–Trinajstić information content (AvgIpc) is 2.56. The highest BCUT2D eigenvalue weighted by molar-refractivity contribution is 6.43. The van der Waals surface area contributed by atoms with E-state index in [4.69, 9.17) is 23.2 Å². The third kappa shape index (κ3) is 4.61. The van der Waals surface area contributed by atoms with Crippen molar-refractivity contribution in [3.63, 3.8) is 0 Å². The molecule has 0 spiro atoms. The zero-order chi connectivity index (χ0) is 16.8. The van der Waals surface area contributed by atoms with E-state index in [9.17, 15) is 9.59 Å². The molecule has 0 aliphatic carbocycles. The fourth-order valence-corrected chi connectivity index (χ4v) is 2.20. The molecule has 0 saturated heterocycles. The summed E-state index contributed by atoms with van der Waals surface area (Å²) in [4.78, 5) is 23.2. The van der Waals surface area contributed by atoms with Crippen molar-refractivity contribution in [2.75, 3.05) is 24.3 Å². The van der Waals surface area contributed by atoms with Gasteiger partial charge in [-0.15, -0.1) is 0 Å². The molecule has 0 bridgehead atoms. The molecule has 120 valence electrons. The number of methoxy groups -OCH3 is 1. The van der Waals surface area contributed by atoms with Crippen LogP contribution in [0.25, 0.3) is 0 Å². The van der Waals surface area contributed by atoms with Gasteiger partial charge in [-0.1, -0.05) is 29.3 Å². The number of nitrogens with one attached hydrogen (secondary N) is 2. The number of anilines is 2. The standard InChI is InChI=1S/C16H14Cl2N2O3/c1-23-16(22)10-5-7-11(8-6-10)20-14(21)9-19-13-4-2-3-12(17)15(13)18/h2-8,19H,9H2,1H3,(H,20,21). The van der Waals surface area contributed by atoms with Gasteiger partial charge in [-0.05, 0) is 36.4 Å². The van der Waals surface area contributed by atoms with Crippen LogP contribution >= 0.6 is 23.2 Å². The van der Waals surface area contributed by atoms with Gasteiger partial charge in [0, 0.05) is 5.69 Å². The molecule has 5 nitrogen and oxygen atoms in total. The highest BCUT2D eigenvalue weighted by Gasteiger charge is 2.08. The van der Waals surface area contributed by atoms with E-state index < -0.39 is 5.97 Å². The van der Waals surface area contributed by atoms with E-state index in [0.717, 1.165) is 0 Å². The zero-order valence-corrected chi connectivity index (χ0v) is 13.7. The van der Waals surface area contributed by atoms with Crippen LogP contribution in [0.5, 0.6) is 0 Å². The first-order chi connectivity index (χ1) is 11.0. The van der Waals surface area contributed by atoms with Crippen molar-refractivity contribution >= 4 is 46.5 Å².